The Balaban J connectivity index is 1.98. The van der Waals surface area contributed by atoms with Gasteiger partial charge < -0.3 is 5.32 Å². The van der Waals surface area contributed by atoms with Gasteiger partial charge in [0.05, 0.1) is 5.75 Å². The predicted octanol–water partition coefficient (Wildman–Crippen LogP) is 2.05. The lowest BCUT2D eigenvalue weighted by Crippen LogP contribution is -2.64. The van der Waals surface area contributed by atoms with Crippen molar-refractivity contribution in [3.63, 3.8) is 0 Å². The van der Waals surface area contributed by atoms with Crippen molar-refractivity contribution >= 4 is 9.84 Å². The van der Waals surface area contributed by atoms with Gasteiger partial charge in [0.15, 0.2) is 0 Å². The van der Waals surface area contributed by atoms with Crippen LogP contribution < -0.4 is 5.32 Å². The van der Waals surface area contributed by atoms with Gasteiger partial charge >= 0.3 is 0 Å². The van der Waals surface area contributed by atoms with Gasteiger partial charge in [-0.2, -0.15) is 0 Å². The topological polar surface area (TPSA) is 49.4 Å². The van der Waals surface area contributed by atoms with E-state index < -0.39 is 9.84 Å². The molecule has 0 aromatic rings. The van der Waals surface area contributed by atoms with E-state index in [0.717, 1.165) is 26.1 Å². The number of nitrogens with zero attached hydrogens (tertiary/aromatic N) is 1. The SMILES string of the molecule is CCC(C)C1CNC2(CCCC2)CN1CCCS(C)(=O)=O. The van der Waals surface area contributed by atoms with Crippen LogP contribution >= 0.6 is 0 Å². The summed E-state index contributed by atoms with van der Waals surface area (Å²) in [6, 6.07) is 0.556. The maximum Gasteiger partial charge on any atom is 0.147 e. The molecule has 2 rings (SSSR count). The molecule has 1 saturated carbocycles. The molecule has 124 valence electrons. The van der Waals surface area contributed by atoms with Gasteiger partial charge in [0.25, 0.3) is 0 Å². The summed E-state index contributed by atoms with van der Waals surface area (Å²) in [5.41, 5.74) is 0.315. The van der Waals surface area contributed by atoms with E-state index in [1.54, 1.807) is 0 Å². The standard InChI is InChI=1S/C16H32N2O2S/c1-4-14(2)15-12-17-16(8-5-6-9-16)13-18(15)10-7-11-21(3,19)20/h14-15,17H,4-13H2,1-3H3. The molecule has 0 aromatic carbocycles. The maximum absolute atomic E-state index is 11.4. The molecule has 5 heteroatoms. The summed E-state index contributed by atoms with van der Waals surface area (Å²) in [7, 11) is -2.84. The quantitative estimate of drug-likeness (QED) is 0.815. The first-order chi connectivity index (χ1) is 9.85. The maximum atomic E-state index is 11.4. The Hall–Kier alpha value is -0.130. The first kappa shape index (κ1) is 17.2. The zero-order valence-electron chi connectivity index (χ0n) is 13.9. The number of rotatable bonds is 6. The van der Waals surface area contributed by atoms with Crippen molar-refractivity contribution < 1.29 is 8.42 Å². The first-order valence-corrected chi connectivity index (χ1v) is 10.6. The molecule has 1 aliphatic carbocycles. The summed E-state index contributed by atoms with van der Waals surface area (Å²) in [6.07, 6.45) is 8.51. The van der Waals surface area contributed by atoms with Gasteiger partial charge in [-0.05, 0) is 31.7 Å². The highest BCUT2D eigenvalue weighted by molar-refractivity contribution is 7.90. The van der Waals surface area contributed by atoms with Crippen LogP contribution in [0.25, 0.3) is 0 Å². The minimum Gasteiger partial charge on any atom is -0.308 e. The Morgan fingerprint density at radius 3 is 2.57 bits per heavy atom. The van der Waals surface area contributed by atoms with Crippen LogP contribution in [0.2, 0.25) is 0 Å². The highest BCUT2D eigenvalue weighted by Crippen LogP contribution is 2.34. The average molecular weight is 317 g/mol. The fourth-order valence-corrected chi connectivity index (χ4v) is 4.66. The van der Waals surface area contributed by atoms with E-state index in [1.165, 1.54) is 38.4 Å². The van der Waals surface area contributed by atoms with Gasteiger partial charge in [0.2, 0.25) is 0 Å². The molecule has 0 aromatic heterocycles. The normalized spacial score (nSPS) is 28.0. The largest absolute Gasteiger partial charge is 0.308 e. The van der Waals surface area contributed by atoms with Crippen molar-refractivity contribution in [1.29, 1.82) is 0 Å². The highest BCUT2D eigenvalue weighted by Gasteiger charge is 2.41. The molecule has 0 amide bonds. The lowest BCUT2D eigenvalue weighted by molar-refractivity contribution is 0.0522. The third kappa shape index (κ3) is 4.67. The number of nitrogens with one attached hydrogen (secondary N) is 1. The van der Waals surface area contributed by atoms with E-state index >= 15 is 0 Å². The fourth-order valence-electron chi connectivity index (χ4n) is 4.01. The lowest BCUT2D eigenvalue weighted by Gasteiger charge is -2.48. The molecular formula is C16H32N2O2S. The second-order valence-electron chi connectivity index (χ2n) is 7.28. The van der Waals surface area contributed by atoms with E-state index in [-0.39, 0.29) is 0 Å². The molecule has 1 saturated heterocycles. The van der Waals surface area contributed by atoms with E-state index in [1.807, 2.05) is 0 Å². The number of hydrogen-bond acceptors (Lipinski definition) is 4. The molecule has 2 fully saturated rings. The van der Waals surface area contributed by atoms with Crippen LogP contribution in [-0.2, 0) is 9.84 Å². The minimum atomic E-state index is -2.84. The Morgan fingerprint density at radius 1 is 1.33 bits per heavy atom. The molecule has 21 heavy (non-hydrogen) atoms. The van der Waals surface area contributed by atoms with Gasteiger partial charge in [-0.15, -0.1) is 0 Å². The summed E-state index contributed by atoms with van der Waals surface area (Å²) in [4.78, 5) is 2.58. The molecule has 2 unspecified atom stereocenters. The van der Waals surface area contributed by atoms with Crippen LogP contribution in [0.4, 0.5) is 0 Å². The molecule has 2 aliphatic rings. The minimum absolute atomic E-state index is 0.315. The Bertz CT molecular complexity index is 430. The molecule has 1 aliphatic heterocycles. The van der Waals surface area contributed by atoms with Gasteiger partial charge in [0.1, 0.15) is 9.84 Å². The predicted molar refractivity (Wildman–Crippen MR) is 88.3 cm³/mol. The van der Waals surface area contributed by atoms with Gasteiger partial charge in [-0.1, -0.05) is 33.1 Å². The number of hydrogen-bond donors (Lipinski definition) is 1. The van der Waals surface area contributed by atoms with Crippen molar-refractivity contribution in [3.8, 4) is 0 Å². The zero-order chi connectivity index (χ0) is 15.5. The van der Waals surface area contributed by atoms with Crippen molar-refractivity contribution in [2.24, 2.45) is 5.92 Å². The van der Waals surface area contributed by atoms with Gasteiger partial charge in [0, 0.05) is 30.9 Å². The van der Waals surface area contributed by atoms with E-state index in [4.69, 9.17) is 0 Å². The lowest BCUT2D eigenvalue weighted by atomic mass is 9.87. The molecule has 0 bridgehead atoms. The molecule has 1 N–H and O–H groups in total. The summed E-state index contributed by atoms with van der Waals surface area (Å²) >= 11 is 0. The van der Waals surface area contributed by atoms with Crippen LogP contribution in [0.15, 0.2) is 0 Å². The average Bonchev–Trinajstić information content (AvgIpc) is 2.85. The number of sulfone groups is 1. The number of piperazine rings is 1. The van der Waals surface area contributed by atoms with Crippen molar-refractivity contribution in [3.05, 3.63) is 0 Å². The monoisotopic (exact) mass is 316 g/mol. The fraction of sp³-hybridized carbons (Fsp3) is 1.00. The smallest absolute Gasteiger partial charge is 0.147 e. The summed E-state index contributed by atoms with van der Waals surface area (Å²) in [5, 5.41) is 3.84. The van der Waals surface area contributed by atoms with Crippen LogP contribution in [0.5, 0.6) is 0 Å². The molecule has 2 atom stereocenters. The van der Waals surface area contributed by atoms with Gasteiger partial charge in [-0.3, -0.25) is 4.90 Å². The van der Waals surface area contributed by atoms with Crippen LogP contribution in [-0.4, -0.2) is 56.5 Å². The zero-order valence-corrected chi connectivity index (χ0v) is 14.7. The van der Waals surface area contributed by atoms with Crippen molar-refractivity contribution in [2.45, 2.75) is 64.0 Å². The molecular weight excluding hydrogens is 284 g/mol. The first-order valence-electron chi connectivity index (χ1n) is 8.52. The molecule has 1 heterocycles. The summed E-state index contributed by atoms with van der Waals surface area (Å²) in [6.45, 7) is 7.66. The van der Waals surface area contributed by atoms with E-state index in [2.05, 4.69) is 24.1 Å². The molecule has 0 radical (unpaired) electrons. The third-order valence-electron chi connectivity index (χ3n) is 5.48. The summed E-state index contributed by atoms with van der Waals surface area (Å²) in [5.74, 6) is 0.978. The second kappa shape index (κ2) is 6.97. The highest BCUT2D eigenvalue weighted by atomic mass is 32.2. The van der Waals surface area contributed by atoms with E-state index in [9.17, 15) is 8.42 Å². The Labute approximate surface area is 130 Å². The van der Waals surface area contributed by atoms with Crippen LogP contribution in [0, 0.1) is 5.92 Å². The Kier molecular flexibility index (Phi) is 5.71. The van der Waals surface area contributed by atoms with Crippen LogP contribution in [0.1, 0.15) is 52.4 Å². The summed E-state index contributed by atoms with van der Waals surface area (Å²) < 4.78 is 22.7. The van der Waals surface area contributed by atoms with E-state index in [0.29, 0.717) is 23.3 Å². The van der Waals surface area contributed by atoms with Crippen LogP contribution in [0.3, 0.4) is 0 Å². The third-order valence-corrected chi connectivity index (χ3v) is 6.51. The Morgan fingerprint density at radius 2 is 2.00 bits per heavy atom. The van der Waals surface area contributed by atoms with Gasteiger partial charge in [-0.25, -0.2) is 8.42 Å². The van der Waals surface area contributed by atoms with Crippen molar-refractivity contribution in [2.75, 3.05) is 31.6 Å². The van der Waals surface area contributed by atoms with Crippen molar-refractivity contribution in [1.82, 2.24) is 10.2 Å². The second-order valence-corrected chi connectivity index (χ2v) is 9.53. The molecule has 1 spiro atoms. The molecule has 4 nitrogen and oxygen atoms in total.